The lowest BCUT2D eigenvalue weighted by atomic mass is 10.3. The molecule has 0 saturated carbocycles. The molecule has 2 heterocycles. The Kier molecular flexibility index (Phi) is 2.92. The lowest BCUT2D eigenvalue weighted by Gasteiger charge is -1.99. The highest BCUT2D eigenvalue weighted by molar-refractivity contribution is 5.48. The van der Waals surface area contributed by atoms with Crippen LogP contribution in [0.15, 0.2) is 55.0 Å². The zero-order chi connectivity index (χ0) is 13.9. The summed E-state index contributed by atoms with van der Waals surface area (Å²) in [7, 11) is 0. The minimum atomic E-state index is -0.440. The molecule has 2 aromatic heterocycles. The number of non-ortho nitro benzene ring substituents is 1. The van der Waals surface area contributed by atoms with E-state index in [1.54, 1.807) is 29.3 Å². The number of nitro groups is 1. The van der Waals surface area contributed by atoms with E-state index < -0.39 is 4.92 Å². The van der Waals surface area contributed by atoms with E-state index in [-0.39, 0.29) is 5.69 Å². The van der Waals surface area contributed by atoms with Crippen LogP contribution in [-0.4, -0.2) is 24.7 Å². The van der Waals surface area contributed by atoms with Gasteiger partial charge < -0.3 is 0 Å². The summed E-state index contributed by atoms with van der Waals surface area (Å²) >= 11 is 0. The van der Waals surface area contributed by atoms with Crippen molar-refractivity contribution in [1.29, 1.82) is 0 Å². The van der Waals surface area contributed by atoms with Gasteiger partial charge in [-0.15, -0.1) is 5.10 Å². The number of pyridine rings is 1. The fourth-order valence-electron chi connectivity index (χ4n) is 1.73. The van der Waals surface area contributed by atoms with E-state index >= 15 is 0 Å². The molecule has 0 spiro atoms. The molecule has 7 nitrogen and oxygen atoms in total. The largest absolute Gasteiger partial charge is 0.269 e. The van der Waals surface area contributed by atoms with Crippen molar-refractivity contribution in [3.8, 4) is 17.2 Å². The Morgan fingerprint density at radius 1 is 1.05 bits per heavy atom. The highest BCUT2D eigenvalue weighted by Crippen LogP contribution is 2.16. The molecule has 0 aliphatic rings. The van der Waals surface area contributed by atoms with Crippen molar-refractivity contribution in [2.75, 3.05) is 0 Å². The van der Waals surface area contributed by atoms with Crippen molar-refractivity contribution in [1.82, 2.24) is 19.7 Å². The molecule has 0 aliphatic carbocycles. The quantitative estimate of drug-likeness (QED) is 0.536. The first-order valence-electron chi connectivity index (χ1n) is 5.82. The van der Waals surface area contributed by atoms with Crippen molar-refractivity contribution in [2.24, 2.45) is 0 Å². The SMILES string of the molecule is O=[N+]([O-])c1ccc(-n2cnc(-c3ccccn3)n2)cc1. The van der Waals surface area contributed by atoms with Gasteiger partial charge >= 0.3 is 0 Å². The monoisotopic (exact) mass is 267 g/mol. The molecule has 20 heavy (non-hydrogen) atoms. The Hall–Kier alpha value is -3.09. The van der Waals surface area contributed by atoms with Crippen LogP contribution in [0.1, 0.15) is 0 Å². The molecule has 3 aromatic rings. The van der Waals surface area contributed by atoms with Gasteiger partial charge in [-0.25, -0.2) is 9.67 Å². The molecule has 0 N–H and O–H groups in total. The van der Waals surface area contributed by atoms with Gasteiger partial charge in [-0.05, 0) is 24.3 Å². The molecule has 0 aliphatic heterocycles. The normalized spacial score (nSPS) is 10.4. The van der Waals surface area contributed by atoms with Crippen molar-refractivity contribution in [3.63, 3.8) is 0 Å². The number of nitro benzene ring substituents is 1. The summed E-state index contributed by atoms with van der Waals surface area (Å²) in [6.07, 6.45) is 3.22. The van der Waals surface area contributed by atoms with Crippen molar-refractivity contribution < 1.29 is 4.92 Å². The number of aromatic nitrogens is 4. The zero-order valence-electron chi connectivity index (χ0n) is 10.2. The first kappa shape index (κ1) is 12.0. The van der Waals surface area contributed by atoms with Gasteiger partial charge in [0.15, 0.2) is 5.82 Å². The maximum Gasteiger partial charge on any atom is 0.269 e. The Balaban J connectivity index is 1.92. The Labute approximate surface area is 113 Å². The standard InChI is InChI=1S/C13H9N5O2/c19-18(20)11-6-4-10(5-7-11)17-9-15-13(16-17)12-3-1-2-8-14-12/h1-9H. The molecule has 0 bridgehead atoms. The second-order valence-electron chi connectivity index (χ2n) is 4.00. The molecule has 0 amide bonds. The molecule has 0 atom stereocenters. The summed E-state index contributed by atoms with van der Waals surface area (Å²) in [5.74, 6) is 0.504. The first-order valence-corrected chi connectivity index (χ1v) is 5.82. The maximum absolute atomic E-state index is 10.6. The molecule has 98 valence electrons. The highest BCUT2D eigenvalue weighted by atomic mass is 16.6. The van der Waals surface area contributed by atoms with Crippen LogP contribution in [0, 0.1) is 10.1 Å². The van der Waals surface area contributed by atoms with E-state index in [2.05, 4.69) is 15.1 Å². The van der Waals surface area contributed by atoms with Crippen molar-refractivity contribution in [3.05, 3.63) is 65.1 Å². The molecular formula is C13H9N5O2. The fourth-order valence-corrected chi connectivity index (χ4v) is 1.73. The summed E-state index contributed by atoms with van der Waals surface area (Å²) in [6, 6.07) is 11.6. The molecule has 3 rings (SSSR count). The van der Waals surface area contributed by atoms with Crippen LogP contribution < -0.4 is 0 Å². The zero-order valence-corrected chi connectivity index (χ0v) is 10.2. The van der Waals surface area contributed by atoms with Crippen LogP contribution in [0.25, 0.3) is 17.2 Å². The van der Waals surface area contributed by atoms with Crippen LogP contribution in [0.3, 0.4) is 0 Å². The van der Waals surface area contributed by atoms with Gasteiger partial charge in [-0.1, -0.05) is 6.07 Å². The third-order valence-electron chi connectivity index (χ3n) is 2.71. The second kappa shape index (κ2) is 4.88. The van der Waals surface area contributed by atoms with Gasteiger partial charge in [0.25, 0.3) is 5.69 Å². The topological polar surface area (TPSA) is 86.7 Å². The van der Waals surface area contributed by atoms with Gasteiger partial charge in [-0.2, -0.15) is 0 Å². The lowest BCUT2D eigenvalue weighted by molar-refractivity contribution is -0.384. The minimum Gasteiger partial charge on any atom is -0.258 e. The predicted molar refractivity (Wildman–Crippen MR) is 71.2 cm³/mol. The molecule has 0 fully saturated rings. The van der Waals surface area contributed by atoms with Crippen LogP contribution in [0.5, 0.6) is 0 Å². The number of benzene rings is 1. The summed E-state index contributed by atoms with van der Waals surface area (Å²) in [4.78, 5) is 18.5. The number of nitrogens with zero attached hydrogens (tertiary/aromatic N) is 5. The summed E-state index contributed by atoms with van der Waals surface area (Å²) in [6.45, 7) is 0. The average Bonchev–Trinajstić information content (AvgIpc) is 2.98. The number of hydrogen-bond donors (Lipinski definition) is 0. The first-order chi connectivity index (χ1) is 9.74. The third kappa shape index (κ3) is 2.24. The lowest BCUT2D eigenvalue weighted by Crippen LogP contribution is -1.96. The summed E-state index contributed by atoms with van der Waals surface area (Å²) in [5, 5.41) is 14.9. The van der Waals surface area contributed by atoms with Gasteiger partial charge in [0.1, 0.15) is 12.0 Å². The molecule has 1 aromatic carbocycles. The maximum atomic E-state index is 10.6. The average molecular weight is 267 g/mol. The predicted octanol–water partition coefficient (Wildman–Crippen LogP) is 2.24. The van der Waals surface area contributed by atoms with E-state index in [4.69, 9.17) is 0 Å². The number of hydrogen-bond acceptors (Lipinski definition) is 5. The summed E-state index contributed by atoms with van der Waals surface area (Å²) in [5.41, 5.74) is 1.41. The van der Waals surface area contributed by atoms with Gasteiger partial charge in [0.05, 0.1) is 10.6 Å². The van der Waals surface area contributed by atoms with Crippen LogP contribution in [0.4, 0.5) is 5.69 Å². The molecule has 0 radical (unpaired) electrons. The van der Waals surface area contributed by atoms with Crippen LogP contribution in [-0.2, 0) is 0 Å². The van der Waals surface area contributed by atoms with E-state index in [0.717, 1.165) is 0 Å². The Bertz CT molecular complexity index is 737. The minimum absolute atomic E-state index is 0.0406. The second-order valence-corrected chi connectivity index (χ2v) is 4.00. The summed E-state index contributed by atoms with van der Waals surface area (Å²) < 4.78 is 1.55. The van der Waals surface area contributed by atoms with Gasteiger partial charge in [-0.3, -0.25) is 15.1 Å². The molecule has 7 heteroatoms. The fraction of sp³-hybridized carbons (Fsp3) is 0. The molecule has 0 unspecified atom stereocenters. The van der Waals surface area contributed by atoms with E-state index in [1.807, 2.05) is 18.2 Å². The van der Waals surface area contributed by atoms with Gasteiger partial charge in [0.2, 0.25) is 0 Å². The van der Waals surface area contributed by atoms with Crippen LogP contribution in [0.2, 0.25) is 0 Å². The van der Waals surface area contributed by atoms with Crippen LogP contribution >= 0.6 is 0 Å². The number of rotatable bonds is 3. The van der Waals surface area contributed by atoms with Gasteiger partial charge in [0, 0.05) is 18.3 Å². The van der Waals surface area contributed by atoms with E-state index in [0.29, 0.717) is 17.2 Å². The smallest absolute Gasteiger partial charge is 0.258 e. The van der Waals surface area contributed by atoms with E-state index in [9.17, 15) is 10.1 Å². The Morgan fingerprint density at radius 3 is 2.50 bits per heavy atom. The molecule has 0 saturated heterocycles. The highest BCUT2D eigenvalue weighted by Gasteiger charge is 2.08. The third-order valence-corrected chi connectivity index (χ3v) is 2.71. The van der Waals surface area contributed by atoms with Crippen molar-refractivity contribution in [2.45, 2.75) is 0 Å². The van der Waals surface area contributed by atoms with Crippen molar-refractivity contribution >= 4 is 5.69 Å². The molecular weight excluding hydrogens is 258 g/mol. The Morgan fingerprint density at radius 2 is 1.85 bits per heavy atom. The van der Waals surface area contributed by atoms with E-state index in [1.165, 1.54) is 12.1 Å².